The number of rotatable bonds is 6. The molecule has 0 atom stereocenters. The number of anilines is 1. The third-order valence-corrected chi connectivity index (χ3v) is 3.17. The van der Waals surface area contributed by atoms with Crippen LogP contribution in [0.3, 0.4) is 0 Å². The molecular formula is C16H20N2O3. The minimum Gasteiger partial charge on any atom is -0.495 e. The van der Waals surface area contributed by atoms with Crippen LogP contribution in [0, 0.1) is 6.92 Å². The lowest BCUT2D eigenvalue weighted by Crippen LogP contribution is -2.06. The second-order valence-electron chi connectivity index (χ2n) is 4.55. The van der Waals surface area contributed by atoms with E-state index in [2.05, 4.69) is 10.3 Å². The van der Waals surface area contributed by atoms with Crippen LogP contribution in [-0.2, 0) is 6.54 Å². The number of hydrogen-bond acceptors (Lipinski definition) is 5. The molecule has 0 amide bonds. The Hall–Kier alpha value is -2.43. The van der Waals surface area contributed by atoms with Gasteiger partial charge in [-0.25, -0.2) is 0 Å². The average molecular weight is 288 g/mol. The van der Waals surface area contributed by atoms with Crippen molar-refractivity contribution in [3.05, 3.63) is 41.7 Å². The number of aryl methyl sites for hydroxylation is 1. The van der Waals surface area contributed by atoms with E-state index in [0.29, 0.717) is 18.0 Å². The van der Waals surface area contributed by atoms with Gasteiger partial charge in [0.2, 0.25) is 0 Å². The van der Waals surface area contributed by atoms with Gasteiger partial charge in [-0.15, -0.1) is 0 Å². The molecule has 0 aliphatic rings. The standard InChI is InChI=1S/C16H20N2O3/c1-11-5-6-14(19-2)12(9-11)18-10-13-16(21-4)15(20-3)7-8-17-13/h5-9,18H,10H2,1-4H3. The maximum Gasteiger partial charge on any atom is 0.184 e. The highest BCUT2D eigenvalue weighted by Gasteiger charge is 2.11. The number of nitrogens with zero attached hydrogens (tertiary/aromatic N) is 1. The normalized spacial score (nSPS) is 10.1. The lowest BCUT2D eigenvalue weighted by Gasteiger charge is -2.14. The zero-order valence-electron chi connectivity index (χ0n) is 12.8. The van der Waals surface area contributed by atoms with Gasteiger partial charge < -0.3 is 19.5 Å². The first-order chi connectivity index (χ1) is 10.2. The van der Waals surface area contributed by atoms with E-state index in [0.717, 1.165) is 22.7 Å². The van der Waals surface area contributed by atoms with Gasteiger partial charge in [0.1, 0.15) is 11.4 Å². The maximum atomic E-state index is 5.38. The largest absolute Gasteiger partial charge is 0.495 e. The Morgan fingerprint density at radius 1 is 1.00 bits per heavy atom. The fourth-order valence-corrected chi connectivity index (χ4v) is 2.12. The molecule has 0 spiro atoms. The molecule has 0 aliphatic heterocycles. The zero-order valence-corrected chi connectivity index (χ0v) is 12.8. The second-order valence-corrected chi connectivity index (χ2v) is 4.55. The Kier molecular flexibility index (Phi) is 4.87. The van der Waals surface area contributed by atoms with Crippen LogP contribution in [0.25, 0.3) is 0 Å². The third-order valence-electron chi connectivity index (χ3n) is 3.17. The van der Waals surface area contributed by atoms with Crippen LogP contribution in [0.15, 0.2) is 30.5 Å². The first-order valence-corrected chi connectivity index (χ1v) is 6.64. The van der Waals surface area contributed by atoms with Crippen molar-refractivity contribution in [2.24, 2.45) is 0 Å². The van der Waals surface area contributed by atoms with Crippen LogP contribution in [0.5, 0.6) is 17.2 Å². The monoisotopic (exact) mass is 288 g/mol. The Labute approximate surface area is 124 Å². The third kappa shape index (κ3) is 3.37. The molecular weight excluding hydrogens is 268 g/mol. The smallest absolute Gasteiger partial charge is 0.184 e. The van der Waals surface area contributed by atoms with E-state index in [9.17, 15) is 0 Å². The molecule has 112 valence electrons. The number of benzene rings is 1. The number of methoxy groups -OCH3 is 3. The van der Waals surface area contributed by atoms with Crippen LogP contribution in [0.1, 0.15) is 11.3 Å². The van der Waals surface area contributed by atoms with Crippen LogP contribution >= 0.6 is 0 Å². The van der Waals surface area contributed by atoms with Gasteiger partial charge in [-0.3, -0.25) is 4.98 Å². The quantitative estimate of drug-likeness (QED) is 0.885. The number of aromatic nitrogens is 1. The average Bonchev–Trinajstić information content (AvgIpc) is 2.52. The highest BCUT2D eigenvalue weighted by Crippen LogP contribution is 2.31. The van der Waals surface area contributed by atoms with E-state index in [1.165, 1.54) is 0 Å². The number of hydrogen-bond donors (Lipinski definition) is 1. The van der Waals surface area contributed by atoms with Crippen molar-refractivity contribution < 1.29 is 14.2 Å². The molecule has 0 fully saturated rings. The first kappa shape index (κ1) is 15.0. The van der Waals surface area contributed by atoms with Crippen molar-refractivity contribution in [1.82, 2.24) is 4.98 Å². The van der Waals surface area contributed by atoms with Gasteiger partial charge in [0.15, 0.2) is 11.5 Å². The Morgan fingerprint density at radius 2 is 1.76 bits per heavy atom. The van der Waals surface area contributed by atoms with Crippen molar-refractivity contribution in [3.8, 4) is 17.2 Å². The molecule has 0 saturated heterocycles. The molecule has 0 unspecified atom stereocenters. The molecule has 0 saturated carbocycles. The molecule has 2 rings (SSSR count). The number of nitrogens with one attached hydrogen (secondary N) is 1. The van der Waals surface area contributed by atoms with E-state index >= 15 is 0 Å². The second kappa shape index (κ2) is 6.83. The van der Waals surface area contributed by atoms with E-state index in [1.54, 1.807) is 33.6 Å². The van der Waals surface area contributed by atoms with Gasteiger partial charge in [0.05, 0.1) is 33.6 Å². The summed E-state index contributed by atoms with van der Waals surface area (Å²) < 4.78 is 16.0. The molecule has 0 radical (unpaired) electrons. The lowest BCUT2D eigenvalue weighted by molar-refractivity contribution is 0.350. The van der Waals surface area contributed by atoms with Crippen LogP contribution in [0.2, 0.25) is 0 Å². The van der Waals surface area contributed by atoms with Gasteiger partial charge in [0.25, 0.3) is 0 Å². The Balaban J connectivity index is 2.22. The van der Waals surface area contributed by atoms with E-state index < -0.39 is 0 Å². The summed E-state index contributed by atoms with van der Waals surface area (Å²) in [6.45, 7) is 2.55. The topological polar surface area (TPSA) is 52.6 Å². The van der Waals surface area contributed by atoms with Gasteiger partial charge in [-0.05, 0) is 24.6 Å². The van der Waals surface area contributed by atoms with E-state index in [1.807, 2.05) is 25.1 Å². The summed E-state index contributed by atoms with van der Waals surface area (Å²) >= 11 is 0. The van der Waals surface area contributed by atoms with Crippen molar-refractivity contribution in [2.45, 2.75) is 13.5 Å². The van der Waals surface area contributed by atoms with E-state index in [-0.39, 0.29) is 0 Å². The highest BCUT2D eigenvalue weighted by atomic mass is 16.5. The summed E-state index contributed by atoms with van der Waals surface area (Å²) in [6, 6.07) is 7.75. The molecule has 1 aromatic heterocycles. The molecule has 1 aromatic carbocycles. The Morgan fingerprint density at radius 3 is 2.43 bits per heavy atom. The minimum absolute atomic E-state index is 0.514. The van der Waals surface area contributed by atoms with Gasteiger partial charge >= 0.3 is 0 Å². The molecule has 5 heteroatoms. The van der Waals surface area contributed by atoms with Crippen LogP contribution in [0.4, 0.5) is 5.69 Å². The summed E-state index contributed by atoms with van der Waals surface area (Å²) in [7, 11) is 4.87. The number of ether oxygens (including phenoxy) is 3. The summed E-state index contributed by atoms with van der Waals surface area (Å²) in [6.07, 6.45) is 1.70. The fraction of sp³-hybridized carbons (Fsp3) is 0.312. The molecule has 1 N–H and O–H groups in total. The predicted molar refractivity (Wildman–Crippen MR) is 82.4 cm³/mol. The molecule has 5 nitrogen and oxygen atoms in total. The van der Waals surface area contributed by atoms with Crippen molar-refractivity contribution >= 4 is 5.69 Å². The van der Waals surface area contributed by atoms with Gasteiger partial charge in [-0.2, -0.15) is 0 Å². The van der Waals surface area contributed by atoms with Gasteiger partial charge in [-0.1, -0.05) is 6.07 Å². The lowest BCUT2D eigenvalue weighted by atomic mass is 10.2. The molecule has 1 heterocycles. The van der Waals surface area contributed by atoms with E-state index in [4.69, 9.17) is 14.2 Å². The van der Waals surface area contributed by atoms with Crippen LogP contribution < -0.4 is 19.5 Å². The van der Waals surface area contributed by atoms with Crippen molar-refractivity contribution in [2.75, 3.05) is 26.6 Å². The fourth-order valence-electron chi connectivity index (χ4n) is 2.12. The summed E-state index contributed by atoms with van der Waals surface area (Å²) in [4.78, 5) is 4.34. The SMILES string of the molecule is COc1ccc(C)cc1NCc1nccc(OC)c1OC. The first-order valence-electron chi connectivity index (χ1n) is 6.64. The summed E-state index contributed by atoms with van der Waals surface area (Å²) in [5, 5.41) is 3.32. The maximum absolute atomic E-state index is 5.38. The molecule has 0 bridgehead atoms. The summed E-state index contributed by atoms with van der Waals surface area (Å²) in [5.41, 5.74) is 2.86. The number of pyridine rings is 1. The molecule has 21 heavy (non-hydrogen) atoms. The Bertz CT molecular complexity index is 614. The summed E-state index contributed by atoms with van der Waals surface area (Å²) in [5.74, 6) is 2.10. The minimum atomic E-state index is 0.514. The highest BCUT2D eigenvalue weighted by molar-refractivity contribution is 5.58. The molecule has 2 aromatic rings. The van der Waals surface area contributed by atoms with Crippen LogP contribution in [-0.4, -0.2) is 26.3 Å². The zero-order chi connectivity index (χ0) is 15.2. The van der Waals surface area contributed by atoms with Gasteiger partial charge in [0, 0.05) is 12.3 Å². The van der Waals surface area contributed by atoms with Crippen molar-refractivity contribution in [1.29, 1.82) is 0 Å². The molecule has 0 aliphatic carbocycles. The predicted octanol–water partition coefficient (Wildman–Crippen LogP) is 3.03. The van der Waals surface area contributed by atoms with Crippen molar-refractivity contribution in [3.63, 3.8) is 0 Å².